The van der Waals surface area contributed by atoms with Gasteiger partial charge in [-0.25, -0.2) is 9.79 Å². The molecule has 0 aromatic heterocycles. The summed E-state index contributed by atoms with van der Waals surface area (Å²) in [6.45, 7) is 2.72. The summed E-state index contributed by atoms with van der Waals surface area (Å²) in [5.41, 5.74) is 2.54. The summed E-state index contributed by atoms with van der Waals surface area (Å²) < 4.78 is 6.85. The Kier molecular flexibility index (Phi) is 7.95. The van der Waals surface area contributed by atoms with E-state index in [1.54, 1.807) is 35.2 Å². The first-order valence-corrected chi connectivity index (χ1v) is 12.6. The number of thioether (sulfide) groups is 1. The first-order chi connectivity index (χ1) is 16.8. The first-order valence-electron chi connectivity index (χ1n) is 10.6. The molecule has 1 aliphatic heterocycles. The predicted molar refractivity (Wildman–Crippen MR) is 143 cm³/mol. The number of aromatic carboxylic acids is 1. The second-order valence-electron chi connectivity index (χ2n) is 7.51. The van der Waals surface area contributed by atoms with Crippen molar-refractivity contribution in [2.75, 3.05) is 6.54 Å². The van der Waals surface area contributed by atoms with Crippen molar-refractivity contribution in [2.24, 2.45) is 4.99 Å². The highest BCUT2D eigenvalue weighted by molar-refractivity contribution is 9.10. The number of hydrogen-bond donors (Lipinski definition) is 1. The molecule has 178 valence electrons. The van der Waals surface area contributed by atoms with E-state index in [9.17, 15) is 9.59 Å². The molecule has 35 heavy (non-hydrogen) atoms. The van der Waals surface area contributed by atoms with E-state index in [0.29, 0.717) is 39.7 Å². The Morgan fingerprint density at radius 2 is 1.86 bits per heavy atom. The van der Waals surface area contributed by atoms with Crippen molar-refractivity contribution in [3.05, 3.63) is 97.8 Å². The van der Waals surface area contributed by atoms with Gasteiger partial charge in [-0.05, 0) is 84.4 Å². The van der Waals surface area contributed by atoms with E-state index in [-0.39, 0.29) is 11.5 Å². The maximum atomic E-state index is 12.9. The van der Waals surface area contributed by atoms with E-state index in [4.69, 9.17) is 21.4 Å². The van der Waals surface area contributed by atoms with Crippen LogP contribution in [0.15, 0.2) is 81.1 Å². The molecule has 9 heteroatoms. The van der Waals surface area contributed by atoms with E-state index in [1.165, 1.54) is 23.9 Å². The molecule has 3 aromatic carbocycles. The highest BCUT2D eigenvalue weighted by atomic mass is 79.9. The van der Waals surface area contributed by atoms with Crippen LogP contribution in [0, 0.1) is 0 Å². The molecule has 4 rings (SSSR count). The number of nitrogens with zero attached hydrogens (tertiary/aromatic N) is 2. The normalized spacial score (nSPS) is 15.7. The summed E-state index contributed by atoms with van der Waals surface area (Å²) in [5, 5.41) is 10.0. The maximum absolute atomic E-state index is 12.9. The van der Waals surface area contributed by atoms with Gasteiger partial charge in [0, 0.05) is 11.0 Å². The van der Waals surface area contributed by atoms with Crippen molar-refractivity contribution in [1.82, 2.24) is 4.90 Å². The molecule has 3 aromatic rings. The molecule has 0 unspecified atom stereocenters. The Labute approximate surface area is 220 Å². The molecular weight excluding hydrogens is 552 g/mol. The van der Waals surface area contributed by atoms with Crippen LogP contribution in [-0.4, -0.2) is 33.6 Å². The van der Waals surface area contributed by atoms with Crippen LogP contribution in [0.1, 0.15) is 28.4 Å². The number of aliphatic imine (C=N–C) groups is 1. The first kappa shape index (κ1) is 25.0. The molecule has 1 fully saturated rings. The highest BCUT2D eigenvalue weighted by Crippen LogP contribution is 2.35. The van der Waals surface area contributed by atoms with Gasteiger partial charge in [0.15, 0.2) is 5.17 Å². The minimum atomic E-state index is -1.00. The average Bonchev–Trinajstić information content (AvgIpc) is 3.13. The number of amides is 1. The lowest BCUT2D eigenvalue weighted by Crippen LogP contribution is -2.28. The van der Waals surface area contributed by atoms with Crippen LogP contribution in [0.5, 0.6) is 5.75 Å². The van der Waals surface area contributed by atoms with Gasteiger partial charge >= 0.3 is 5.97 Å². The van der Waals surface area contributed by atoms with Gasteiger partial charge < -0.3 is 9.84 Å². The van der Waals surface area contributed by atoms with Gasteiger partial charge in [-0.1, -0.05) is 45.7 Å². The number of amidine groups is 1. The van der Waals surface area contributed by atoms with E-state index in [2.05, 4.69) is 20.9 Å². The fourth-order valence-corrected chi connectivity index (χ4v) is 4.85. The van der Waals surface area contributed by atoms with Gasteiger partial charge in [-0.2, -0.15) is 0 Å². The zero-order valence-electron chi connectivity index (χ0n) is 18.6. The van der Waals surface area contributed by atoms with Gasteiger partial charge in [0.05, 0.1) is 21.2 Å². The predicted octanol–water partition coefficient (Wildman–Crippen LogP) is 7.00. The van der Waals surface area contributed by atoms with Gasteiger partial charge in [0.2, 0.25) is 0 Å². The summed E-state index contributed by atoms with van der Waals surface area (Å²) >= 11 is 11.1. The summed E-state index contributed by atoms with van der Waals surface area (Å²) in [6, 6.07) is 19.4. The number of rotatable bonds is 7. The van der Waals surface area contributed by atoms with Gasteiger partial charge in [-0.3, -0.25) is 9.69 Å². The number of ether oxygens (including phenoxy) is 1. The summed E-state index contributed by atoms with van der Waals surface area (Å²) in [4.78, 5) is 30.6. The molecule has 1 N–H and O–H groups in total. The van der Waals surface area contributed by atoms with Crippen molar-refractivity contribution in [3.8, 4) is 5.75 Å². The molecule has 1 amide bonds. The molecule has 1 aliphatic rings. The van der Waals surface area contributed by atoms with Crippen molar-refractivity contribution >= 4 is 68.1 Å². The average molecular weight is 572 g/mol. The number of carboxylic acid groups (broad SMARTS) is 1. The zero-order valence-corrected chi connectivity index (χ0v) is 21.7. The Hall–Kier alpha value is -3.07. The molecule has 0 saturated carbocycles. The van der Waals surface area contributed by atoms with Crippen LogP contribution in [0.4, 0.5) is 5.69 Å². The number of carboxylic acids is 1. The van der Waals surface area contributed by atoms with Gasteiger partial charge in [0.25, 0.3) is 5.91 Å². The summed E-state index contributed by atoms with van der Waals surface area (Å²) in [5.74, 6) is -0.590. The SMILES string of the molecule is CCN1C(=O)C(=Cc2ccc(OCc3ccc(Br)cc3)c(Cl)c2)SC1=Nc1ccc(C(=O)O)cc1. The molecule has 0 spiro atoms. The highest BCUT2D eigenvalue weighted by Gasteiger charge is 2.32. The second kappa shape index (κ2) is 11.1. The fourth-order valence-electron chi connectivity index (χ4n) is 3.28. The van der Waals surface area contributed by atoms with Crippen LogP contribution in [0.2, 0.25) is 5.02 Å². The topological polar surface area (TPSA) is 79.2 Å². The number of hydrogen-bond acceptors (Lipinski definition) is 5. The fraction of sp³-hybridized carbons (Fsp3) is 0.115. The third kappa shape index (κ3) is 6.14. The Morgan fingerprint density at radius 1 is 1.14 bits per heavy atom. The lowest BCUT2D eigenvalue weighted by Gasteiger charge is -2.12. The Bertz CT molecular complexity index is 1320. The molecule has 0 atom stereocenters. The van der Waals surface area contributed by atoms with E-state index >= 15 is 0 Å². The quantitative estimate of drug-likeness (QED) is 0.309. The molecular formula is C26H20BrClN2O4S. The minimum absolute atomic E-state index is 0.148. The van der Waals surface area contributed by atoms with E-state index in [1.807, 2.05) is 37.3 Å². The van der Waals surface area contributed by atoms with Crippen LogP contribution in [-0.2, 0) is 11.4 Å². The number of benzene rings is 3. The van der Waals surface area contributed by atoms with Crippen LogP contribution >= 0.6 is 39.3 Å². The van der Waals surface area contributed by atoms with E-state index in [0.717, 1.165) is 15.6 Å². The standard InChI is InChI=1S/C26H20BrClN2O4S/c1-2-30-24(31)23(35-26(30)29-20-10-6-18(7-11-20)25(32)33)14-17-5-12-22(21(28)13-17)34-15-16-3-8-19(27)9-4-16/h3-14H,2,15H2,1H3,(H,32,33). The second-order valence-corrected chi connectivity index (χ2v) is 9.84. The van der Waals surface area contributed by atoms with Crippen molar-refractivity contribution in [2.45, 2.75) is 13.5 Å². The van der Waals surface area contributed by atoms with Gasteiger partial charge in [-0.15, -0.1) is 0 Å². The monoisotopic (exact) mass is 570 g/mol. The Balaban J connectivity index is 1.50. The van der Waals surface area contributed by atoms with Crippen molar-refractivity contribution < 1.29 is 19.4 Å². The molecule has 0 radical (unpaired) electrons. The molecule has 1 saturated heterocycles. The lowest BCUT2D eigenvalue weighted by molar-refractivity contribution is -0.122. The van der Waals surface area contributed by atoms with Crippen LogP contribution in [0.3, 0.4) is 0 Å². The lowest BCUT2D eigenvalue weighted by atomic mass is 10.2. The van der Waals surface area contributed by atoms with Crippen LogP contribution < -0.4 is 4.74 Å². The zero-order chi connectivity index (χ0) is 24.9. The number of halogens is 2. The van der Waals surface area contributed by atoms with Gasteiger partial charge in [0.1, 0.15) is 12.4 Å². The third-order valence-corrected chi connectivity index (χ3v) is 6.94. The summed E-state index contributed by atoms with van der Waals surface area (Å²) in [7, 11) is 0. The Morgan fingerprint density at radius 3 is 2.49 bits per heavy atom. The third-order valence-electron chi connectivity index (χ3n) is 5.10. The van der Waals surface area contributed by atoms with Crippen LogP contribution in [0.25, 0.3) is 6.08 Å². The van der Waals surface area contributed by atoms with E-state index < -0.39 is 5.97 Å². The number of carbonyl (C=O) groups excluding carboxylic acids is 1. The number of carbonyl (C=O) groups is 2. The number of likely N-dealkylation sites (N-methyl/N-ethyl adjacent to an activating group) is 1. The smallest absolute Gasteiger partial charge is 0.335 e. The minimum Gasteiger partial charge on any atom is -0.487 e. The maximum Gasteiger partial charge on any atom is 0.335 e. The molecule has 6 nitrogen and oxygen atoms in total. The molecule has 1 heterocycles. The van der Waals surface area contributed by atoms with Crippen molar-refractivity contribution in [1.29, 1.82) is 0 Å². The van der Waals surface area contributed by atoms with Crippen molar-refractivity contribution in [3.63, 3.8) is 0 Å². The largest absolute Gasteiger partial charge is 0.487 e. The summed E-state index contributed by atoms with van der Waals surface area (Å²) in [6.07, 6.45) is 1.77. The molecule has 0 bridgehead atoms. The molecule has 0 aliphatic carbocycles.